The van der Waals surface area contributed by atoms with Gasteiger partial charge in [0.1, 0.15) is 5.78 Å². The maximum atomic E-state index is 11.9. The van der Waals surface area contributed by atoms with Crippen LogP contribution in [0.25, 0.3) is 0 Å². The van der Waals surface area contributed by atoms with Gasteiger partial charge in [0.05, 0.1) is 5.60 Å². The Balaban J connectivity index is 3.85. The molecule has 24 heavy (non-hydrogen) atoms. The molecule has 0 radical (unpaired) electrons. The largest absolute Gasteiger partial charge is 0.396 e. The van der Waals surface area contributed by atoms with Gasteiger partial charge in [0, 0.05) is 25.6 Å². The minimum atomic E-state index is -0.625. The summed E-state index contributed by atoms with van der Waals surface area (Å²) in [6.45, 7) is 8.28. The second-order valence-electron chi connectivity index (χ2n) is 8.09. The number of hydrogen-bond acceptors (Lipinski definition) is 4. The molecule has 0 aromatic rings. The highest BCUT2D eigenvalue weighted by molar-refractivity contribution is 5.80. The first-order chi connectivity index (χ1) is 11.2. The lowest BCUT2D eigenvalue weighted by Crippen LogP contribution is -2.24. The summed E-state index contributed by atoms with van der Waals surface area (Å²) >= 11 is 0. The second-order valence-corrected chi connectivity index (χ2v) is 8.09. The molecule has 0 amide bonds. The average molecular weight is 345 g/mol. The lowest BCUT2D eigenvalue weighted by atomic mass is 9.88. The molecule has 4 nitrogen and oxygen atoms in total. The Morgan fingerprint density at radius 1 is 0.917 bits per heavy atom. The monoisotopic (exact) mass is 344 g/mol. The van der Waals surface area contributed by atoms with Crippen LogP contribution in [0.3, 0.4) is 0 Å². The van der Waals surface area contributed by atoms with Gasteiger partial charge in [-0.15, -0.1) is 0 Å². The van der Waals surface area contributed by atoms with Gasteiger partial charge < -0.3 is 15.3 Å². The van der Waals surface area contributed by atoms with Crippen molar-refractivity contribution in [2.75, 3.05) is 13.2 Å². The molecule has 0 spiro atoms. The van der Waals surface area contributed by atoms with Gasteiger partial charge in [-0.3, -0.25) is 4.79 Å². The molecule has 0 fully saturated rings. The van der Waals surface area contributed by atoms with Crippen molar-refractivity contribution in [3.8, 4) is 0 Å². The number of hydrogen-bond donors (Lipinski definition) is 3. The van der Waals surface area contributed by atoms with Crippen molar-refractivity contribution >= 4 is 5.78 Å². The fourth-order valence-electron chi connectivity index (χ4n) is 3.01. The molecule has 0 bridgehead atoms. The van der Waals surface area contributed by atoms with Crippen LogP contribution in [0.2, 0.25) is 0 Å². The lowest BCUT2D eigenvalue weighted by Gasteiger charge is -2.24. The molecule has 4 atom stereocenters. The van der Waals surface area contributed by atoms with Crippen molar-refractivity contribution in [2.45, 2.75) is 91.1 Å². The summed E-state index contributed by atoms with van der Waals surface area (Å²) in [6.07, 6.45) is 7.53. The average Bonchev–Trinajstić information content (AvgIpc) is 2.52. The van der Waals surface area contributed by atoms with E-state index in [0.29, 0.717) is 24.7 Å². The number of aliphatic hydroxyl groups excluding tert-OH is 2. The van der Waals surface area contributed by atoms with E-state index >= 15 is 0 Å². The standard InChI is InChI=1S/C20H40O4/c1-16(9-10-19(23)18(3)11-14-21)7-5-12-20(4,24)13-6-8-17(2)15-22/h16-18,21-22,24H,5-15H2,1-4H3/t16-,17-,18+,20-/m1/s1. The van der Waals surface area contributed by atoms with Crippen LogP contribution in [0.5, 0.6) is 0 Å². The van der Waals surface area contributed by atoms with Crippen molar-refractivity contribution in [3.05, 3.63) is 0 Å². The molecule has 0 aliphatic carbocycles. The van der Waals surface area contributed by atoms with Crippen LogP contribution < -0.4 is 0 Å². The van der Waals surface area contributed by atoms with E-state index in [9.17, 15) is 9.90 Å². The van der Waals surface area contributed by atoms with E-state index in [2.05, 4.69) is 6.92 Å². The SMILES string of the molecule is C[C@H](CCC[C@@](C)(O)CCC[C@@H](C)CO)CCC(=O)[C@@H](C)CCO. The highest BCUT2D eigenvalue weighted by atomic mass is 16.3. The molecule has 0 saturated heterocycles. The topological polar surface area (TPSA) is 77.8 Å². The molecule has 0 unspecified atom stereocenters. The molecular formula is C20H40O4. The minimum absolute atomic E-state index is 0.0377. The molecule has 0 rings (SSSR count). The quantitative estimate of drug-likeness (QED) is 0.423. The zero-order valence-corrected chi connectivity index (χ0v) is 16.3. The predicted molar refractivity (Wildman–Crippen MR) is 98.8 cm³/mol. The van der Waals surface area contributed by atoms with Crippen LogP contribution in [0, 0.1) is 17.8 Å². The van der Waals surface area contributed by atoms with E-state index in [1.165, 1.54) is 0 Å². The van der Waals surface area contributed by atoms with Crippen molar-refractivity contribution in [3.63, 3.8) is 0 Å². The van der Waals surface area contributed by atoms with Gasteiger partial charge in [-0.1, -0.05) is 40.0 Å². The Hall–Kier alpha value is -0.450. The van der Waals surface area contributed by atoms with E-state index < -0.39 is 5.60 Å². The fraction of sp³-hybridized carbons (Fsp3) is 0.950. The summed E-state index contributed by atoms with van der Waals surface area (Å²) in [7, 11) is 0. The second kappa shape index (κ2) is 12.8. The zero-order chi connectivity index (χ0) is 18.6. The minimum Gasteiger partial charge on any atom is -0.396 e. The van der Waals surface area contributed by atoms with Gasteiger partial charge in [-0.2, -0.15) is 0 Å². The summed E-state index contributed by atoms with van der Waals surface area (Å²) in [4.78, 5) is 11.9. The van der Waals surface area contributed by atoms with Crippen LogP contribution >= 0.6 is 0 Å². The highest BCUT2D eigenvalue weighted by Crippen LogP contribution is 2.24. The lowest BCUT2D eigenvalue weighted by molar-refractivity contribution is -0.123. The first kappa shape index (κ1) is 23.5. The highest BCUT2D eigenvalue weighted by Gasteiger charge is 2.20. The summed E-state index contributed by atoms with van der Waals surface area (Å²) in [5, 5.41) is 28.3. The normalized spacial score (nSPS) is 18.0. The van der Waals surface area contributed by atoms with Gasteiger partial charge in [0.25, 0.3) is 0 Å². The Morgan fingerprint density at radius 2 is 1.46 bits per heavy atom. The fourth-order valence-corrected chi connectivity index (χ4v) is 3.01. The van der Waals surface area contributed by atoms with Gasteiger partial charge >= 0.3 is 0 Å². The Labute approximate surface area is 148 Å². The molecule has 4 heteroatoms. The Morgan fingerprint density at radius 3 is 1.96 bits per heavy atom. The number of ketones is 1. The molecule has 144 valence electrons. The van der Waals surface area contributed by atoms with E-state index in [0.717, 1.165) is 44.9 Å². The van der Waals surface area contributed by atoms with Crippen LogP contribution in [0.4, 0.5) is 0 Å². The van der Waals surface area contributed by atoms with Crippen molar-refractivity contribution < 1.29 is 20.1 Å². The van der Waals surface area contributed by atoms with Crippen LogP contribution in [0.1, 0.15) is 85.5 Å². The smallest absolute Gasteiger partial charge is 0.135 e. The summed E-state index contributed by atoms with van der Waals surface area (Å²) in [5.74, 6) is 1.01. The number of Topliss-reactive ketones (excluding diaryl/α,β-unsaturated/α-hetero) is 1. The third-order valence-corrected chi connectivity index (χ3v) is 5.13. The molecule has 0 heterocycles. The molecule has 0 aliphatic heterocycles. The first-order valence-electron chi connectivity index (χ1n) is 9.68. The predicted octanol–water partition coefficient (Wildman–Crippen LogP) is 3.71. The Kier molecular flexibility index (Phi) is 12.6. The van der Waals surface area contributed by atoms with Crippen molar-refractivity contribution in [2.24, 2.45) is 17.8 Å². The van der Waals surface area contributed by atoms with E-state index in [-0.39, 0.29) is 24.9 Å². The summed E-state index contributed by atoms with van der Waals surface area (Å²) in [5.41, 5.74) is -0.625. The summed E-state index contributed by atoms with van der Waals surface area (Å²) in [6, 6.07) is 0. The Bertz CT molecular complexity index is 328. The maximum absolute atomic E-state index is 11.9. The van der Waals surface area contributed by atoms with Crippen LogP contribution in [-0.4, -0.2) is 39.9 Å². The van der Waals surface area contributed by atoms with Gasteiger partial charge in [0.15, 0.2) is 0 Å². The van der Waals surface area contributed by atoms with Crippen LogP contribution in [-0.2, 0) is 4.79 Å². The third kappa shape index (κ3) is 12.0. The van der Waals surface area contributed by atoms with Gasteiger partial charge in [0.2, 0.25) is 0 Å². The third-order valence-electron chi connectivity index (χ3n) is 5.13. The molecule has 0 aromatic carbocycles. The molecule has 3 N–H and O–H groups in total. The summed E-state index contributed by atoms with van der Waals surface area (Å²) < 4.78 is 0. The number of rotatable bonds is 15. The molecule has 0 aliphatic rings. The molecular weight excluding hydrogens is 304 g/mol. The zero-order valence-electron chi connectivity index (χ0n) is 16.3. The number of carbonyl (C=O) groups excluding carboxylic acids is 1. The first-order valence-corrected chi connectivity index (χ1v) is 9.68. The molecule has 0 saturated carbocycles. The maximum Gasteiger partial charge on any atom is 0.135 e. The van der Waals surface area contributed by atoms with E-state index in [4.69, 9.17) is 10.2 Å². The van der Waals surface area contributed by atoms with Crippen molar-refractivity contribution in [1.29, 1.82) is 0 Å². The van der Waals surface area contributed by atoms with Crippen LogP contribution in [0.15, 0.2) is 0 Å². The van der Waals surface area contributed by atoms with E-state index in [1.54, 1.807) is 0 Å². The van der Waals surface area contributed by atoms with E-state index in [1.807, 2.05) is 20.8 Å². The molecule has 0 aromatic heterocycles. The number of carbonyl (C=O) groups is 1. The number of aliphatic hydroxyl groups is 3. The van der Waals surface area contributed by atoms with Gasteiger partial charge in [-0.05, 0) is 50.9 Å². The van der Waals surface area contributed by atoms with Gasteiger partial charge in [-0.25, -0.2) is 0 Å². The van der Waals surface area contributed by atoms with Crippen molar-refractivity contribution in [1.82, 2.24) is 0 Å².